The Hall–Kier alpha value is -4.18. The molecule has 0 aliphatic carbocycles. The first-order valence-electron chi connectivity index (χ1n) is 12.5. The number of halogens is 6. The third-order valence-electron chi connectivity index (χ3n) is 5.44. The third-order valence-corrected chi connectivity index (χ3v) is 5.44. The monoisotopic (exact) mass is 624 g/mol. The van der Waals surface area contributed by atoms with Gasteiger partial charge in [0.15, 0.2) is 11.0 Å². The molecule has 10 nitrogen and oxygen atoms in total. The average Bonchev–Trinajstić information content (AvgIpc) is 3.22. The summed E-state index contributed by atoms with van der Waals surface area (Å²) in [6.45, 7) is 5.72. The molecule has 16 heteroatoms. The van der Waals surface area contributed by atoms with Crippen molar-refractivity contribution >= 4 is 28.9 Å². The van der Waals surface area contributed by atoms with E-state index in [9.17, 15) is 41.0 Å². The highest BCUT2D eigenvalue weighted by atomic mass is 19.4. The van der Waals surface area contributed by atoms with Crippen LogP contribution in [0.4, 0.5) is 26.3 Å². The van der Waals surface area contributed by atoms with E-state index in [2.05, 4.69) is 20.8 Å². The SMILES string of the molecule is CCn1c(CN)[n+](CC(C)O)c2ccc(CC(=O)OCc3ccccc3)cc21.COC(=O)C(F)(F)F.O=C(O)C(F)(F)F. The standard InChI is InChI=1S/C22H28N3O3.C3H3F3O2.C2HF3O2/c1-3-24-20-11-18(12-22(27)28-15-17-7-5-4-6-8-17)9-10-19(20)25(14-16(2)26)21(24)13-23;1-8-2(7)3(4,5)6;3-2(4,5)1(6)7/h4-11,16,26H,3,12-15,23H2,1-2H3;1H3;(H,6,7)/q+1;;. The van der Waals surface area contributed by atoms with Gasteiger partial charge in [0, 0.05) is 0 Å². The number of carbonyl (C=O) groups excluding carboxylic acids is 2. The van der Waals surface area contributed by atoms with E-state index in [1.165, 1.54) is 0 Å². The van der Waals surface area contributed by atoms with Crippen molar-refractivity contribution in [1.29, 1.82) is 0 Å². The number of hydrogen-bond acceptors (Lipinski definition) is 7. The summed E-state index contributed by atoms with van der Waals surface area (Å²) in [4.78, 5) is 30.6. The zero-order chi connectivity index (χ0) is 33.0. The molecule has 0 fully saturated rings. The van der Waals surface area contributed by atoms with Crippen LogP contribution in [-0.2, 0) is 56.5 Å². The van der Waals surface area contributed by atoms with Crippen LogP contribution in [0.15, 0.2) is 48.5 Å². The second kappa shape index (κ2) is 16.5. The molecule has 1 atom stereocenters. The number of imidazole rings is 1. The number of nitrogens with two attached hydrogens (primary N) is 1. The van der Waals surface area contributed by atoms with E-state index in [4.69, 9.17) is 20.4 Å². The predicted octanol–water partition coefficient (Wildman–Crippen LogP) is 3.43. The number of aliphatic carboxylic acids is 1. The van der Waals surface area contributed by atoms with Gasteiger partial charge in [-0.1, -0.05) is 36.4 Å². The summed E-state index contributed by atoms with van der Waals surface area (Å²) >= 11 is 0. The molecule has 0 saturated heterocycles. The van der Waals surface area contributed by atoms with Crippen LogP contribution in [0.2, 0.25) is 0 Å². The smallest absolute Gasteiger partial charge is 0.475 e. The number of alkyl halides is 6. The van der Waals surface area contributed by atoms with Gasteiger partial charge in [0.2, 0.25) is 0 Å². The molecule has 3 aromatic rings. The van der Waals surface area contributed by atoms with E-state index >= 15 is 0 Å². The molecule has 0 spiro atoms. The minimum Gasteiger partial charge on any atom is -0.475 e. The van der Waals surface area contributed by atoms with Gasteiger partial charge in [-0.3, -0.25) is 4.79 Å². The quantitative estimate of drug-likeness (QED) is 0.197. The molecule has 3 rings (SSSR count). The Kier molecular flexibility index (Phi) is 14.1. The van der Waals surface area contributed by atoms with Crippen molar-refractivity contribution in [3.8, 4) is 0 Å². The molecule has 43 heavy (non-hydrogen) atoms. The predicted molar refractivity (Wildman–Crippen MR) is 139 cm³/mol. The molecule has 238 valence electrons. The molecule has 0 radical (unpaired) electrons. The Labute approximate surface area is 242 Å². The van der Waals surface area contributed by atoms with E-state index in [-0.39, 0.29) is 19.0 Å². The molecule has 1 unspecified atom stereocenters. The fourth-order valence-electron chi connectivity index (χ4n) is 3.66. The number of carboxylic acid groups (broad SMARTS) is 1. The van der Waals surface area contributed by atoms with Crippen molar-refractivity contribution in [1.82, 2.24) is 4.57 Å². The molecular formula is C27H32F6N3O7+. The summed E-state index contributed by atoms with van der Waals surface area (Å²) < 4.78 is 77.6. The molecule has 0 aliphatic heterocycles. The molecule has 1 aromatic heterocycles. The molecule has 2 aromatic carbocycles. The van der Waals surface area contributed by atoms with Crippen LogP contribution in [0, 0.1) is 0 Å². The van der Waals surface area contributed by atoms with Gasteiger partial charge >= 0.3 is 30.3 Å². The van der Waals surface area contributed by atoms with Crippen LogP contribution >= 0.6 is 0 Å². The Balaban J connectivity index is 0.000000509. The zero-order valence-electron chi connectivity index (χ0n) is 23.4. The van der Waals surface area contributed by atoms with Crippen molar-refractivity contribution in [3.05, 3.63) is 65.5 Å². The van der Waals surface area contributed by atoms with Gasteiger partial charge < -0.3 is 25.4 Å². The van der Waals surface area contributed by atoms with E-state index in [0.717, 1.165) is 34.5 Å². The lowest BCUT2D eigenvalue weighted by molar-refractivity contribution is -0.686. The molecule has 0 saturated carbocycles. The van der Waals surface area contributed by atoms with Crippen LogP contribution < -0.4 is 10.3 Å². The first-order chi connectivity index (χ1) is 20.0. The van der Waals surface area contributed by atoms with Crippen molar-refractivity contribution < 1.29 is 65.0 Å². The molecule has 4 N–H and O–H groups in total. The second-order valence-corrected chi connectivity index (χ2v) is 8.76. The van der Waals surface area contributed by atoms with Gasteiger partial charge in [-0.2, -0.15) is 26.3 Å². The summed E-state index contributed by atoms with van der Waals surface area (Å²) in [5, 5.41) is 17.0. The zero-order valence-corrected chi connectivity index (χ0v) is 23.4. The fourth-order valence-corrected chi connectivity index (χ4v) is 3.66. The normalized spacial score (nSPS) is 11.9. The van der Waals surface area contributed by atoms with Gasteiger partial charge in [0.05, 0.1) is 32.7 Å². The van der Waals surface area contributed by atoms with Crippen molar-refractivity contribution in [2.75, 3.05) is 7.11 Å². The number of fused-ring (bicyclic) bond motifs is 1. The van der Waals surface area contributed by atoms with Gasteiger partial charge in [-0.25, -0.2) is 18.7 Å². The number of aromatic nitrogens is 2. The van der Waals surface area contributed by atoms with Gasteiger partial charge in [0.1, 0.15) is 13.2 Å². The Morgan fingerprint density at radius 1 is 1.00 bits per heavy atom. The molecular weight excluding hydrogens is 592 g/mol. The van der Waals surface area contributed by atoms with Gasteiger partial charge in [-0.15, -0.1) is 0 Å². The van der Waals surface area contributed by atoms with Crippen LogP contribution in [0.25, 0.3) is 11.0 Å². The van der Waals surface area contributed by atoms with Crippen LogP contribution in [0.1, 0.15) is 30.8 Å². The maximum Gasteiger partial charge on any atom is 0.490 e. The molecule has 0 bridgehead atoms. The fraction of sp³-hybridized carbons (Fsp3) is 0.407. The maximum atomic E-state index is 12.3. The lowest BCUT2D eigenvalue weighted by atomic mass is 10.1. The summed E-state index contributed by atoms with van der Waals surface area (Å²) in [5.74, 6) is -4.22. The highest BCUT2D eigenvalue weighted by Gasteiger charge is 2.40. The summed E-state index contributed by atoms with van der Waals surface area (Å²) in [5.41, 5.74) is 9.86. The number of nitrogens with zero attached hydrogens (tertiary/aromatic N) is 2. The van der Waals surface area contributed by atoms with Crippen LogP contribution in [0.5, 0.6) is 0 Å². The number of benzene rings is 2. The van der Waals surface area contributed by atoms with E-state index in [0.29, 0.717) is 20.2 Å². The van der Waals surface area contributed by atoms with E-state index < -0.39 is 30.4 Å². The van der Waals surface area contributed by atoms with Crippen LogP contribution in [-0.4, -0.2) is 58.3 Å². The highest BCUT2D eigenvalue weighted by Crippen LogP contribution is 2.19. The highest BCUT2D eigenvalue weighted by molar-refractivity contribution is 5.78. The number of aryl methyl sites for hydroxylation is 1. The van der Waals surface area contributed by atoms with E-state index in [1.807, 2.05) is 48.5 Å². The van der Waals surface area contributed by atoms with Gasteiger partial charge in [-0.05, 0) is 37.1 Å². The van der Waals surface area contributed by atoms with Crippen molar-refractivity contribution in [2.24, 2.45) is 5.73 Å². The Bertz CT molecular complexity index is 1360. The Morgan fingerprint density at radius 2 is 1.58 bits per heavy atom. The number of ether oxygens (including phenoxy) is 2. The Morgan fingerprint density at radius 3 is 2.00 bits per heavy atom. The van der Waals surface area contributed by atoms with Gasteiger partial charge in [0.25, 0.3) is 5.82 Å². The number of esters is 2. The van der Waals surface area contributed by atoms with Crippen molar-refractivity contribution in [2.45, 2.75) is 65.0 Å². The molecule has 1 heterocycles. The number of aliphatic hydroxyl groups is 1. The number of rotatable bonds is 8. The maximum absolute atomic E-state index is 12.3. The van der Waals surface area contributed by atoms with E-state index in [1.54, 1.807) is 6.92 Å². The number of carbonyl (C=O) groups is 3. The molecule has 0 amide bonds. The summed E-state index contributed by atoms with van der Waals surface area (Å²) in [7, 11) is 0.676. The lowest BCUT2D eigenvalue weighted by Crippen LogP contribution is -2.43. The second-order valence-electron chi connectivity index (χ2n) is 8.76. The summed E-state index contributed by atoms with van der Waals surface area (Å²) in [6, 6.07) is 15.6. The topological polar surface area (TPSA) is 145 Å². The molecule has 0 aliphatic rings. The van der Waals surface area contributed by atoms with Crippen molar-refractivity contribution in [3.63, 3.8) is 0 Å². The largest absolute Gasteiger partial charge is 0.490 e. The lowest BCUT2D eigenvalue weighted by Gasteiger charge is -2.05. The first-order valence-corrected chi connectivity index (χ1v) is 12.5. The first kappa shape index (κ1) is 36.8. The minimum atomic E-state index is -5.08. The number of carboxylic acids is 1. The average molecular weight is 625 g/mol. The number of aliphatic hydroxyl groups excluding tert-OH is 1. The van der Waals surface area contributed by atoms with Crippen LogP contribution in [0.3, 0.4) is 0 Å². The minimum absolute atomic E-state index is 0.214. The summed E-state index contributed by atoms with van der Waals surface area (Å²) in [6.07, 6.45) is -10.2. The number of methoxy groups -OCH3 is 1. The third kappa shape index (κ3) is 11.9. The number of hydrogen-bond donors (Lipinski definition) is 3.